The minimum atomic E-state index is -0.0569. The molecule has 0 saturated carbocycles. The minimum Gasteiger partial charge on any atom is -0.360 e. The summed E-state index contributed by atoms with van der Waals surface area (Å²) in [5.74, 6) is 1.38. The van der Waals surface area contributed by atoms with Crippen LogP contribution in [0.3, 0.4) is 0 Å². The highest BCUT2D eigenvalue weighted by atomic mass is 127. The summed E-state index contributed by atoms with van der Waals surface area (Å²) in [5, 5.41) is 9.55. The van der Waals surface area contributed by atoms with Gasteiger partial charge in [0.15, 0.2) is 5.96 Å². The smallest absolute Gasteiger partial charge is 0.227 e. The predicted octanol–water partition coefficient (Wildman–Crippen LogP) is 2.80. The molecule has 28 heavy (non-hydrogen) atoms. The van der Waals surface area contributed by atoms with Gasteiger partial charge in [-0.1, -0.05) is 6.07 Å². The average Bonchev–Trinajstić information content (AvgIpc) is 3.20. The number of aliphatic imine (C=N–C) groups is 1. The molecular formula is C19H27IN6OS. The van der Waals surface area contributed by atoms with Crippen molar-refractivity contribution < 1.29 is 4.79 Å². The second-order valence-electron chi connectivity index (χ2n) is 6.36. The van der Waals surface area contributed by atoms with Crippen LogP contribution in [0, 0.1) is 6.92 Å². The zero-order valence-corrected chi connectivity index (χ0v) is 19.4. The van der Waals surface area contributed by atoms with E-state index in [9.17, 15) is 4.79 Å². The first kappa shape index (κ1) is 22.4. The van der Waals surface area contributed by atoms with Crippen molar-refractivity contribution in [3.05, 3.63) is 41.4 Å². The van der Waals surface area contributed by atoms with Crippen molar-refractivity contribution in [2.75, 3.05) is 50.0 Å². The Labute approximate surface area is 187 Å². The summed E-state index contributed by atoms with van der Waals surface area (Å²) < 4.78 is 0. The van der Waals surface area contributed by atoms with E-state index in [0.29, 0.717) is 18.8 Å². The van der Waals surface area contributed by atoms with Crippen molar-refractivity contribution in [1.82, 2.24) is 15.2 Å². The number of nitrogens with zero attached hydrogens (tertiary/aromatic N) is 4. The molecule has 1 amide bonds. The Hall–Kier alpha value is -1.88. The average molecular weight is 514 g/mol. The van der Waals surface area contributed by atoms with E-state index in [0.717, 1.165) is 37.8 Å². The number of guanidine groups is 1. The van der Waals surface area contributed by atoms with Crippen molar-refractivity contribution in [3.8, 4) is 0 Å². The van der Waals surface area contributed by atoms with Crippen LogP contribution in [0.15, 0.2) is 40.7 Å². The monoisotopic (exact) mass is 514 g/mol. The van der Waals surface area contributed by atoms with E-state index in [-0.39, 0.29) is 29.9 Å². The van der Waals surface area contributed by atoms with Gasteiger partial charge in [0.2, 0.25) is 5.91 Å². The molecule has 3 rings (SSSR count). The van der Waals surface area contributed by atoms with Crippen LogP contribution in [0.4, 0.5) is 10.8 Å². The normalized spacial score (nSPS) is 14.4. The Morgan fingerprint density at radius 2 is 2.00 bits per heavy atom. The van der Waals surface area contributed by atoms with Gasteiger partial charge in [-0.25, -0.2) is 4.98 Å². The molecule has 2 aromatic rings. The number of nitrogens with one attached hydrogen (secondary N) is 2. The third-order valence-electron chi connectivity index (χ3n) is 4.40. The molecule has 152 valence electrons. The topological polar surface area (TPSA) is 72.9 Å². The molecule has 7 nitrogen and oxygen atoms in total. The lowest BCUT2D eigenvalue weighted by Gasteiger charge is -2.37. The number of aromatic nitrogens is 1. The number of carbonyl (C=O) groups excluding carboxylic acids is 1. The fraction of sp³-hybridized carbons (Fsp3) is 0.421. The van der Waals surface area contributed by atoms with Gasteiger partial charge >= 0.3 is 0 Å². The van der Waals surface area contributed by atoms with Gasteiger partial charge < -0.3 is 20.4 Å². The highest BCUT2D eigenvalue weighted by Crippen LogP contribution is 2.22. The molecule has 0 spiro atoms. The first-order valence-corrected chi connectivity index (χ1v) is 10.0. The molecule has 0 aliphatic carbocycles. The number of hydrogen-bond acceptors (Lipinski definition) is 5. The zero-order chi connectivity index (χ0) is 19.1. The second-order valence-corrected chi connectivity index (χ2v) is 7.29. The van der Waals surface area contributed by atoms with Gasteiger partial charge in [0.25, 0.3) is 0 Å². The fourth-order valence-electron chi connectivity index (χ4n) is 3.03. The van der Waals surface area contributed by atoms with Crippen LogP contribution in [0.25, 0.3) is 0 Å². The summed E-state index contributed by atoms with van der Waals surface area (Å²) >= 11 is 1.78. The number of pyridine rings is 1. The van der Waals surface area contributed by atoms with E-state index < -0.39 is 0 Å². The summed E-state index contributed by atoms with van der Waals surface area (Å²) in [4.78, 5) is 25.4. The molecule has 0 unspecified atom stereocenters. The van der Waals surface area contributed by atoms with Crippen molar-refractivity contribution in [2.24, 2.45) is 4.99 Å². The number of anilines is 2. The van der Waals surface area contributed by atoms with Crippen LogP contribution in [0.1, 0.15) is 12.1 Å². The number of carbonyl (C=O) groups is 1. The second kappa shape index (κ2) is 11.2. The number of amides is 1. The lowest BCUT2D eigenvalue weighted by atomic mass is 10.3. The van der Waals surface area contributed by atoms with Crippen molar-refractivity contribution in [1.29, 1.82) is 0 Å². The molecule has 3 heterocycles. The fourth-order valence-corrected chi connectivity index (χ4v) is 3.81. The number of rotatable bonds is 5. The molecule has 2 aromatic heterocycles. The molecule has 1 aliphatic rings. The van der Waals surface area contributed by atoms with E-state index in [1.54, 1.807) is 24.5 Å². The first-order valence-electron chi connectivity index (χ1n) is 9.13. The molecule has 9 heteroatoms. The van der Waals surface area contributed by atoms with E-state index >= 15 is 0 Å². The maximum Gasteiger partial charge on any atom is 0.227 e. The van der Waals surface area contributed by atoms with Gasteiger partial charge in [0, 0.05) is 51.9 Å². The largest absolute Gasteiger partial charge is 0.360 e. The molecular weight excluding hydrogens is 487 g/mol. The van der Waals surface area contributed by atoms with E-state index in [1.165, 1.54) is 5.00 Å². The van der Waals surface area contributed by atoms with Gasteiger partial charge in [-0.05, 0) is 36.6 Å². The maximum absolute atomic E-state index is 12.1. The summed E-state index contributed by atoms with van der Waals surface area (Å²) in [6.45, 7) is 6.21. The summed E-state index contributed by atoms with van der Waals surface area (Å²) in [7, 11) is 1.78. The standard InChI is InChI=1S/C19H26N6OS.HI/c1-15-5-3-6-16(22-15)23-17(26)8-9-21-19(20-2)25-12-10-24(11-13-25)18-7-4-14-27-18;/h3-7,14H,8-13H2,1-2H3,(H,20,21)(H,22,23,26);1H. The zero-order valence-electron chi connectivity index (χ0n) is 16.2. The lowest BCUT2D eigenvalue weighted by molar-refractivity contribution is -0.116. The molecule has 0 atom stereocenters. The molecule has 0 radical (unpaired) electrons. The summed E-state index contributed by atoms with van der Waals surface area (Å²) in [6.07, 6.45) is 0.365. The number of piperazine rings is 1. The Bertz CT molecular complexity index is 774. The first-order chi connectivity index (χ1) is 13.2. The SMILES string of the molecule is CN=C(NCCC(=O)Nc1cccc(C)n1)N1CCN(c2cccs2)CC1.I. The quantitative estimate of drug-likeness (QED) is 0.365. The number of aryl methyl sites for hydroxylation is 1. The van der Waals surface area contributed by atoms with Crippen molar-refractivity contribution in [2.45, 2.75) is 13.3 Å². The van der Waals surface area contributed by atoms with E-state index in [1.807, 2.05) is 19.1 Å². The number of hydrogen-bond donors (Lipinski definition) is 2. The highest BCUT2D eigenvalue weighted by Gasteiger charge is 2.20. The van der Waals surface area contributed by atoms with Crippen LogP contribution >= 0.6 is 35.3 Å². The summed E-state index contributed by atoms with van der Waals surface area (Å²) in [6, 6.07) is 9.83. The third kappa shape index (κ3) is 6.33. The molecule has 1 aliphatic heterocycles. The minimum absolute atomic E-state index is 0. The van der Waals surface area contributed by atoms with Gasteiger partial charge in [-0.2, -0.15) is 0 Å². The molecule has 0 bridgehead atoms. The van der Waals surface area contributed by atoms with Crippen LogP contribution in [0.2, 0.25) is 0 Å². The highest BCUT2D eigenvalue weighted by molar-refractivity contribution is 14.0. The predicted molar refractivity (Wildman–Crippen MR) is 127 cm³/mol. The lowest BCUT2D eigenvalue weighted by Crippen LogP contribution is -2.52. The Morgan fingerprint density at radius 1 is 1.21 bits per heavy atom. The van der Waals surface area contributed by atoms with Gasteiger partial charge in [-0.15, -0.1) is 35.3 Å². The number of halogens is 1. The van der Waals surface area contributed by atoms with E-state index in [4.69, 9.17) is 0 Å². The van der Waals surface area contributed by atoms with Crippen LogP contribution in [0.5, 0.6) is 0 Å². The van der Waals surface area contributed by atoms with E-state index in [2.05, 4.69) is 47.9 Å². The number of thiophene rings is 1. The van der Waals surface area contributed by atoms with Gasteiger partial charge in [-0.3, -0.25) is 9.79 Å². The van der Waals surface area contributed by atoms with Crippen molar-refractivity contribution >= 4 is 58.0 Å². The van der Waals surface area contributed by atoms with Gasteiger partial charge in [0.05, 0.1) is 5.00 Å². The Balaban J connectivity index is 0.00000280. The third-order valence-corrected chi connectivity index (χ3v) is 5.33. The molecule has 1 saturated heterocycles. The molecule has 0 aromatic carbocycles. The van der Waals surface area contributed by atoms with Gasteiger partial charge in [0.1, 0.15) is 5.82 Å². The van der Waals surface area contributed by atoms with Crippen LogP contribution in [-0.2, 0) is 4.79 Å². The van der Waals surface area contributed by atoms with Crippen LogP contribution in [-0.4, -0.2) is 61.5 Å². The Morgan fingerprint density at radius 3 is 2.64 bits per heavy atom. The van der Waals surface area contributed by atoms with Crippen LogP contribution < -0.4 is 15.5 Å². The molecule has 1 fully saturated rings. The summed E-state index contributed by atoms with van der Waals surface area (Å²) in [5.41, 5.74) is 0.882. The van der Waals surface area contributed by atoms with Crippen molar-refractivity contribution in [3.63, 3.8) is 0 Å². The Kier molecular flexibility index (Phi) is 8.97. The molecule has 2 N–H and O–H groups in total. The maximum atomic E-state index is 12.1.